The lowest BCUT2D eigenvalue weighted by molar-refractivity contribution is -0.371. The average molecular weight is 581 g/mol. The zero-order valence-corrected chi connectivity index (χ0v) is 25.9. The van der Waals surface area contributed by atoms with Gasteiger partial charge >= 0.3 is 19.8 Å². The van der Waals surface area contributed by atoms with Crippen molar-refractivity contribution in [1.29, 1.82) is 0 Å². The van der Waals surface area contributed by atoms with Crippen molar-refractivity contribution in [2.45, 2.75) is 148 Å². The minimum Gasteiger partial charge on any atom is -0.462 e. The number of hydrogen-bond acceptors (Lipinski definition) is 7. The van der Waals surface area contributed by atoms with Crippen molar-refractivity contribution in [2.75, 3.05) is 26.4 Å². The van der Waals surface area contributed by atoms with Crippen LogP contribution in [0.4, 0.5) is 0 Å². The SMILES string of the molecule is CCCCCCCCCCCC(=O)OC[C@@H](COP(=O)(O)OCC[NH3+])OC(=O)CCCCCCCCCCC. The van der Waals surface area contributed by atoms with Crippen LogP contribution in [0.15, 0.2) is 0 Å². The first-order valence-electron chi connectivity index (χ1n) is 15.6. The molecule has 9 nitrogen and oxygen atoms in total. The first kappa shape index (κ1) is 38.0. The highest BCUT2D eigenvalue weighted by Gasteiger charge is 2.26. The highest BCUT2D eigenvalue weighted by atomic mass is 31.2. The van der Waals surface area contributed by atoms with Crippen LogP contribution >= 0.6 is 7.82 Å². The van der Waals surface area contributed by atoms with Gasteiger partial charge in [0.05, 0.1) is 13.2 Å². The summed E-state index contributed by atoms with van der Waals surface area (Å²) in [7, 11) is -4.31. The number of esters is 2. The van der Waals surface area contributed by atoms with Gasteiger partial charge in [0.25, 0.3) is 0 Å². The number of carbonyl (C=O) groups is 2. The fourth-order valence-corrected chi connectivity index (χ4v) is 4.96. The molecule has 0 saturated carbocycles. The van der Waals surface area contributed by atoms with Crippen LogP contribution in [0.3, 0.4) is 0 Å². The number of unbranched alkanes of at least 4 members (excludes halogenated alkanes) is 16. The molecule has 39 heavy (non-hydrogen) atoms. The molecule has 0 aliphatic heterocycles. The van der Waals surface area contributed by atoms with Gasteiger partial charge in [0.2, 0.25) is 0 Å². The quantitative estimate of drug-likeness (QED) is 0.0569. The molecule has 1 unspecified atom stereocenters. The third-order valence-electron chi connectivity index (χ3n) is 6.52. The van der Waals surface area contributed by atoms with E-state index in [1.54, 1.807) is 0 Å². The van der Waals surface area contributed by atoms with Gasteiger partial charge in [-0.2, -0.15) is 0 Å². The maximum Gasteiger partial charge on any atom is 0.472 e. The number of ether oxygens (including phenoxy) is 2. The lowest BCUT2D eigenvalue weighted by atomic mass is 10.1. The molecule has 0 radical (unpaired) electrons. The largest absolute Gasteiger partial charge is 0.472 e. The van der Waals surface area contributed by atoms with Crippen LogP contribution in [-0.4, -0.2) is 49.3 Å². The maximum atomic E-state index is 12.4. The summed E-state index contributed by atoms with van der Waals surface area (Å²) < 4.78 is 32.5. The summed E-state index contributed by atoms with van der Waals surface area (Å²) in [6, 6.07) is 0. The second-order valence-corrected chi connectivity index (χ2v) is 11.9. The van der Waals surface area contributed by atoms with E-state index in [2.05, 4.69) is 19.6 Å². The fraction of sp³-hybridized carbons (Fsp3) is 0.931. The Morgan fingerprint density at radius 1 is 0.667 bits per heavy atom. The van der Waals surface area contributed by atoms with Crippen molar-refractivity contribution < 1.29 is 43.3 Å². The van der Waals surface area contributed by atoms with Crippen LogP contribution in [0.1, 0.15) is 142 Å². The summed E-state index contributed by atoms with van der Waals surface area (Å²) in [5.74, 6) is -0.814. The van der Waals surface area contributed by atoms with E-state index in [0.717, 1.165) is 32.1 Å². The van der Waals surface area contributed by atoms with E-state index in [1.807, 2.05) is 0 Å². The standard InChI is InChI=1S/C29H58NO8P/c1-3-5-7-9-11-13-15-17-19-21-28(31)35-25-27(26-37-39(33,34)36-24-23-30)38-29(32)22-20-18-16-14-12-10-8-6-4-2/h27H,3-26,30H2,1-2H3,(H,33,34)/p+1/t27-/m0/s1. The second-order valence-electron chi connectivity index (χ2n) is 10.4. The third-order valence-corrected chi connectivity index (χ3v) is 7.50. The molecular formula is C29H59NO8P+. The Labute approximate surface area is 237 Å². The molecule has 0 aromatic rings. The van der Waals surface area contributed by atoms with Gasteiger partial charge in [0.15, 0.2) is 6.10 Å². The molecule has 4 N–H and O–H groups in total. The van der Waals surface area contributed by atoms with E-state index in [4.69, 9.17) is 18.5 Å². The summed E-state index contributed by atoms with van der Waals surface area (Å²) in [6.45, 7) is 4.06. The second kappa shape index (κ2) is 27.2. The van der Waals surface area contributed by atoms with Crippen molar-refractivity contribution in [3.05, 3.63) is 0 Å². The van der Waals surface area contributed by atoms with Crippen LogP contribution in [0.5, 0.6) is 0 Å². The molecule has 10 heteroatoms. The molecule has 232 valence electrons. The Balaban J connectivity index is 4.33. The first-order valence-corrected chi connectivity index (χ1v) is 17.1. The highest BCUT2D eigenvalue weighted by Crippen LogP contribution is 2.43. The van der Waals surface area contributed by atoms with E-state index in [1.165, 1.54) is 77.0 Å². The third kappa shape index (κ3) is 27.0. The summed E-state index contributed by atoms with van der Waals surface area (Å²) >= 11 is 0. The zero-order valence-electron chi connectivity index (χ0n) is 25.0. The Morgan fingerprint density at radius 3 is 1.56 bits per heavy atom. The maximum absolute atomic E-state index is 12.4. The molecule has 0 aromatic heterocycles. The number of phosphoric acid groups is 1. The number of hydrogen-bond donors (Lipinski definition) is 2. The van der Waals surface area contributed by atoms with Crippen LogP contribution in [-0.2, 0) is 32.7 Å². The van der Waals surface area contributed by atoms with Crippen LogP contribution in [0.25, 0.3) is 0 Å². The van der Waals surface area contributed by atoms with Gasteiger partial charge in [-0.05, 0) is 12.8 Å². The van der Waals surface area contributed by atoms with Gasteiger partial charge < -0.3 is 20.1 Å². The molecule has 0 heterocycles. The molecule has 0 aliphatic carbocycles. The molecule has 2 atom stereocenters. The Hall–Kier alpha value is -0.990. The van der Waals surface area contributed by atoms with Crippen molar-refractivity contribution in [3.8, 4) is 0 Å². The molecule has 0 aromatic carbocycles. The van der Waals surface area contributed by atoms with E-state index < -0.39 is 26.5 Å². The summed E-state index contributed by atoms with van der Waals surface area (Å²) in [5, 5.41) is 0. The summed E-state index contributed by atoms with van der Waals surface area (Å²) in [4.78, 5) is 34.3. The number of phosphoric ester groups is 1. The molecule has 0 saturated heterocycles. The average Bonchev–Trinajstić information content (AvgIpc) is 2.91. The van der Waals surface area contributed by atoms with Crippen molar-refractivity contribution in [1.82, 2.24) is 0 Å². The van der Waals surface area contributed by atoms with Gasteiger partial charge in [-0.1, -0.05) is 117 Å². The molecule has 0 rings (SSSR count). The Morgan fingerprint density at radius 2 is 1.10 bits per heavy atom. The predicted molar refractivity (Wildman–Crippen MR) is 154 cm³/mol. The number of carbonyl (C=O) groups excluding carboxylic acids is 2. The molecular weight excluding hydrogens is 521 g/mol. The monoisotopic (exact) mass is 580 g/mol. The summed E-state index contributed by atoms with van der Waals surface area (Å²) in [6.07, 6.45) is 20.2. The van der Waals surface area contributed by atoms with Gasteiger partial charge in [-0.3, -0.25) is 18.6 Å². The van der Waals surface area contributed by atoms with Crippen molar-refractivity contribution in [3.63, 3.8) is 0 Å². The van der Waals surface area contributed by atoms with Gasteiger partial charge in [-0.15, -0.1) is 0 Å². The van der Waals surface area contributed by atoms with Crippen LogP contribution in [0, 0.1) is 0 Å². The van der Waals surface area contributed by atoms with E-state index in [-0.39, 0.29) is 25.6 Å². The van der Waals surface area contributed by atoms with Crippen molar-refractivity contribution in [2.24, 2.45) is 0 Å². The topological polar surface area (TPSA) is 136 Å². The minimum atomic E-state index is -4.31. The molecule has 0 bridgehead atoms. The fourth-order valence-electron chi connectivity index (χ4n) is 4.17. The zero-order chi connectivity index (χ0) is 29.0. The van der Waals surface area contributed by atoms with E-state index >= 15 is 0 Å². The van der Waals surface area contributed by atoms with E-state index in [9.17, 15) is 19.0 Å². The highest BCUT2D eigenvalue weighted by molar-refractivity contribution is 7.47. The number of rotatable bonds is 29. The van der Waals surface area contributed by atoms with Crippen LogP contribution in [0.2, 0.25) is 0 Å². The number of quaternary nitrogens is 1. The molecule has 0 amide bonds. The van der Waals surface area contributed by atoms with E-state index in [0.29, 0.717) is 19.4 Å². The van der Waals surface area contributed by atoms with Crippen molar-refractivity contribution >= 4 is 19.8 Å². The smallest absolute Gasteiger partial charge is 0.462 e. The predicted octanol–water partition coefficient (Wildman–Crippen LogP) is 6.66. The summed E-state index contributed by atoms with van der Waals surface area (Å²) in [5.41, 5.74) is 3.55. The van der Waals surface area contributed by atoms with Gasteiger partial charge in [0.1, 0.15) is 13.2 Å². The minimum absolute atomic E-state index is 0.0371. The first-order chi connectivity index (χ1) is 18.8. The lowest BCUT2D eigenvalue weighted by Crippen LogP contribution is -2.52. The molecule has 0 fully saturated rings. The Kier molecular flexibility index (Phi) is 26.5. The lowest BCUT2D eigenvalue weighted by Gasteiger charge is -2.19. The van der Waals surface area contributed by atoms with Gasteiger partial charge in [-0.25, -0.2) is 4.57 Å². The normalized spacial score (nSPS) is 13.6. The Bertz CT molecular complexity index is 634. The van der Waals surface area contributed by atoms with Crippen LogP contribution < -0.4 is 5.73 Å². The van der Waals surface area contributed by atoms with Gasteiger partial charge in [0, 0.05) is 12.8 Å². The molecule has 0 aliphatic rings. The molecule has 0 spiro atoms.